The molecular formula is C16H18F3NO3. The van der Waals surface area contributed by atoms with E-state index in [1.807, 2.05) is 0 Å². The molecule has 1 aromatic rings. The number of hydrogen-bond donors (Lipinski definition) is 1. The topological polar surface area (TPSA) is 47.6 Å². The van der Waals surface area contributed by atoms with Gasteiger partial charge in [-0.25, -0.2) is 8.78 Å². The van der Waals surface area contributed by atoms with Gasteiger partial charge in [0.25, 0.3) is 5.91 Å². The molecule has 0 radical (unpaired) electrons. The molecule has 1 atom stereocenters. The van der Waals surface area contributed by atoms with Crippen molar-refractivity contribution in [2.45, 2.75) is 31.7 Å². The van der Waals surface area contributed by atoms with E-state index in [0.29, 0.717) is 19.3 Å². The van der Waals surface area contributed by atoms with Crippen molar-refractivity contribution in [2.75, 3.05) is 20.3 Å². The summed E-state index contributed by atoms with van der Waals surface area (Å²) in [6, 6.07) is 0.468. The summed E-state index contributed by atoms with van der Waals surface area (Å²) in [5.41, 5.74) is -0.567. The van der Waals surface area contributed by atoms with Gasteiger partial charge in [-0.15, -0.1) is 0 Å². The molecule has 2 fully saturated rings. The summed E-state index contributed by atoms with van der Waals surface area (Å²) in [5, 5.41) is 2.75. The molecule has 7 heteroatoms. The number of methoxy groups -OCH3 is 1. The molecule has 0 aromatic heterocycles. The highest BCUT2D eigenvalue weighted by molar-refractivity contribution is 5.95. The summed E-state index contributed by atoms with van der Waals surface area (Å²) >= 11 is 0. The number of ether oxygens (including phenoxy) is 2. The number of carbonyl (C=O) groups is 1. The van der Waals surface area contributed by atoms with E-state index >= 15 is 0 Å². The van der Waals surface area contributed by atoms with Gasteiger partial charge in [-0.1, -0.05) is 0 Å². The quantitative estimate of drug-likeness (QED) is 0.868. The van der Waals surface area contributed by atoms with Crippen LogP contribution in [0, 0.1) is 22.9 Å². The van der Waals surface area contributed by atoms with Crippen molar-refractivity contribution in [1.29, 1.82) is 0 Å². The zero-order chi connectivity index (χ0) is 16.6. The van der Waals surface area contributed by atoms with Crippen LogP contribution >= 0.6 is 0 Å². The lowest BCUT2D eigenvalue weighted by Crippen LogP contribution is -2.57. The molecular weight excluding hydrogens is 311 g/mol. The monoisotopic (exact) mass is 329 g/mol. The Morgan fingerprint density at radius 2 is 1.96 bits per heavy atom. The number of amides is 1. The zero-order valence-electron chi connectivity index (χ0n) is 12.8. The number of halogens is 3. The van der Waals surface area contributed by atoms with E-state index in [9.17, 15) is 18.0 Å². The molecule has 126 valence electrons. The summed E-state index contributed by atoms with van der Waals surface area (Å²) in [6.07, 6.45) is 3.43. The molecule has 23 heavy (non-hydrogen) atoms. The molecule has 1 unspecified atom stereocenters. The summed E-state index contributed by atoms with van der Waals surface area (Å²) < 4.78 is 51.0. The first kappa shape index (κ1) is 16.1. The number of benzene rings is 1. The Hall–Kier alpha value is -1.76. The molecule has 0 bridgehead atoms. The second kappa shape index (κ2) is 6.03. The van der Waals surface area contributed by atoms with Crippen LogP contribution in [-0.2, 0) is 4.74 Å². The minimum atomic E-state index is -1.44. The van der Waals surface area contributed by atoms with E-state index in [4.69, 9.17) is 4.74 Å². The average Bonchev–Trinajstić information content (AvgIpc) is 2.56. The van der Waals surface area contributed by atoms with Crippen LogP contribution in [0.25, 0.3) is 0 Å². The van der Waals surface area contributed by atoms with Gasteiger partial charge in [0.1, 0.15) is 0 Å². The predicted octanol–water partition coefficient (Wildman–Crippen LogP) is 2.80. The maximum atomic E-state index is 14.2. The summed E-state index contributed by atoms with van der Waals surface area (Å²) in [7, 11) is 1.02. The zero-order valence-corrected chi connectivity index (χ0v) is 12.8. The van der Waals surface area contributed by atoms with Gasteiger partial charge in [0.15, 0.2) is 17.4 Å². The van der Waals surface area contributed by atoms with E-state index in [1.165, 1.54) is 0 Å². The molecule has 1 aliphatic heterocycles. The molecule has 1 heterocycles. The van der Waals surface area contributed by atoms with Gasteiger partial charge in [-0.2, -0.15) is 4.39 Å². The first-order valence-corrected chi connectivity index (χ1v) is 7.58. The first-order chi connectivity index (χ1) is 11.0. The smallest absolute Gasteiger partial charge is 0.254 e. The van der Waals surface area contributed by atoms with Crippen LogP contribution < -0.4 is 10.1 Å². The largest absolute Gasteiger partial charge is 0.491 e. The number of hydrogen-bond acceptors (Lipinski definition) is 3. The normalized spacial score (nSPS) is 22.5. The highest BCUT2D eigenvalue weighted by Gasteiger charge is 2.48. The van der Waals surface area contributed by atoms with Crippen molar-refractivity contribution in [3.8, 4) is 5.75 Å². The van der Waals surface area contributed by atoms with Gasteiger partial charge < -0.3 is 14.8 Å². The van der Waals surface area contributed by atoms with Crippen LogP contribution in [-0.4, -0.2) is 32.3 Å². The fourth-order valence-corrected chi connectivity index (χ4v) is 3.46. The SMILES string of the molecule is COc1c(F)c(F)cc(C(=O)NC2CCC23CCOCC3)c1F. The van der Waals surface area contributed by atoms with E-state index in [0.717, 1.165) is 32.8 Å². The molecule has 1 saturated heterocycles. The van der Waals surface area contributed by atoms with E-state index in [2.05, 4.69) is 10.1 Å². The van der Waals surface area contributed by atoms with Gasteiger partial charge in [-0.3, -0.25) is 4.79 Å². The van der Waals surface area contributed by atoms with E-state index in [-0.39, 0.29) is 11.5 Å². The Balaban J connectivity index is 1.80. The van der Waals surface area contributed by atoms with Crippen molar-refractivity contribution >= 4 is 5.91 Å². The van der Waals surface area contributed by atoms with Crippen LogP contribution in [0.1, 0.15) is 36.0 Å². The molecule has 3 rings (SSSR count). The molecule has 1 aliphatic carbocycles. The van der Waals surface area contributed by atoms with Crippen LogP contribution in [0.15, 0.2) is 6.07 Å². The second-order valence-electron chi connectivity index (χ2n) is 6.11. The van der Waals surface area contributed by atoms with Gasteiger partial charge in [-0.05, 0) is 37.2 Å². The Morgan fingerprint density at radius 1 is 1.26 bits per heavy atom. The molecule has 1 saturated carbocycles. The van der Waals surface area contributed by atoms with Crippen molar-refractivity contribution in [2.24, 2.45) is 5.41 Å². The summed E-state index contributed by atoms with van der Waals surface area (Å²) in [4.78, 5) is 12.3. The molecule has 1 N–H and O–H groups in total. The average molecular weight is 329 g/mol. The lowest BCUT2D eigenvalue weighted by atomic mass is 9.60. The standard InChI is InChI=1S/C16H18F3NO3/c1-22-14-12(18)9(8-10(17)13(14)19)15(21)20-11-2-3-16(11)4-6-23-7-5-16/h8,11H,2-7H2,1H3,(H,20,21). The van der Waals surface area contributed by atoms with Gasteiger partial charge in [0.05, 0.1) is 12.7 Å². The second-order valence-corrected chi connectivity index (χ2v) is 6.11. The van der Waals surface area contributed by atoms with E-state index in [1.54, 1.807) is 0 Å². The van der Waals surface area contributed by atoms with Crippen LogP contribution in [0.2, 0.25) is 0 Å². The fourth-order valence-electron chi connectivity index (χ4n) is 3.46. The van der Waals surface area contributed by atoms with Gasteiger partial charge in [0, 0.05) is 19.3 Å². The van der Waals surface area contributed by atoms with Crippen LogP contribution in [0.5, 0.6) is 5.75 Å². The Kier molecular flexibility index (Phi) is 4.23. The summed E-state index contributed by atoms with van der Waals surface area (Å²) in [5.74, 6) is -5.59. The number of carbonyl (C=O) groups excluding carboxylic acids is 1. The lowest BCUT2D eigenvalue weighted by Gasteiger charge is -2.52. The minimum Gasteiger partial charge on any atom is -0.491 e. The Labute approximate surface area is 132 Å². The van der Waals surface area contributed by atoms with Crippen LogP contribution in [0.3, 0.4) is 0 Å². The number of nitrogens with one attached hydrogen (secondary N) is 1. The molecule has 1 spiro atoms. The Morgan fingerprint density at radius 3 is 2.52 bits per heavy atom. The third-order valence-corrected chi connectivity index (χ3v) is 5.03. The van der Waals surface area contributed by atoms with Crippen molar-refractivity contribution < 1.29 is 27.4 Å². The highest BCUT2D eigenvalue weighted by Crippen LogP contribution is 2.48. The first-order valence-electron chi connectivity index (χ1n) is 7.58. The number of rotatable bonds is 3. The maximum Gasteiger partial charge on any atom is 0.254 e. The van der Waals surface area contributed by atoms with Crippen molar-refractivity contribution in [3.63, 3.8) is 0 Å². The van der Waals surface area contributed by atoms with E-state index < -0.39 is 34.7 Å². The molecule has 1 aromatic carbocycles. The molecule has 2 aliphatic rings. The third-order valence-electron chi connectivity index (χ3n) is 5.03. The van der Waals surface area contributed by atoms with Gasteiger partial charge >= 0.3 is 0 Å². The predicted molar refractivity (Wildman–Crippen MR) is 75.8 cm³/mol. The highest BCUT2D eigenvalue weighted by atomic mass is 19.2. The summed E-state index contributed by atoms with van der Waals surface area (Å²) in [6.45, 7) is 1.28. The lowest BCUT2D eigenvalue weighted by molar-refractivity contribution is -0.0523. The minimum absolute atomic E-state index is 0.0208. The molecule has 1 amide bonds. The third kappa shape index (κ3) is 2.67. The van der Waals surface area contributed by atoms with Crippen molar-refractivity contribution in [1.82, 2.24) is 5.32 Å². The fraction of sp³-hybridized carbons (Fsp3) is 0.562. The molecule has 4 nitrogen and oxygen atoms in total. The van der Waals surface area contributed by atoms with Crippen LogP contribution in [0.4, 0.5) is 13.2 Å². The maximum absolute atomic E-state index is 14.2. The van der Waals surface area contributed by atoms with Crippen molar-refractivity contribution in [3.05, 3.63) is 29.1 Å². The Bertz CT molecular complexity index is 629. The van der Waals surface area contributed by atoms with Gasteiger partial charge in [0.2, 0.25) is 5.82 Å².